The number of anilines is 1. The number of thiazole rings is 1. The van der Waals surface area contributed by atoms with Crippen molar-refractivity contribution in [2.75, 3.05) is 37.6 Å². The number of hydrogen-bond acceptors (Lipinski definition) is 5. The molecule has 1 saturated heterocycles. The Kier molecular flexibility index (Phi) is 5.75. The smallest absolute Gasteiger partial charge is 0.406 e. The van der Waals surface area contributed by atoms with Crippen molar-refractivity contribution in [3.8, 4) is 5.75 Å². The van der Waals surface area contributed by atoms with Crippen molar-refractivity contribution in [1.29, 1.82) is 5.41 Å². The van der Waals surface area contributed by atoms with Crippen LogP contribution < -0.4 is 14.4 Å². The number of benzene rings is 2. The molecule has 1 aromatic heterocycles. The van der Waals surface area contributed by atoms with Gasteiger partial charge in [-0.05, 0) is 37.3 Å². The van der Waals surface area contributed by atoms with E-state index in [0.717, 1.165) is 49.6 Å². The first-order chi connectivity index (χ1) is 14.3. The molecule has 1 fully saturated rings. The SMILES string of the molecule is Cc1ccc(N2CCN(CCn3c(=N)sc4cc(OC(F)(F)F)ccc43)CC2)cc1. The van der Waals surface area contributed by atoms with Gasteiger partial charge in [-0.25, -0.2) is 0 Å². The van der Waals surface area contributed by atoms with Crippen LogP contribution in [0, 0.1) is 12.3 Å². The highest BCUT2D eigenvalue weighted by Crippen LogP contribution is 2.28. The van der Waals surface area contributed by atoms with Gasteiger partial charge < -0.3 is 14.2 Å². The number of alkyl halides is 3. The van der Waals surface area contributed by atoms with Gasteiger partial charge in [0.1, 0.15) is 5.75 Å². The number of aryl methyl sites for hydroxylation is 1. The second kappa shape index (κ2) is 8.31. The van der Waals surface area contributed by atoms with Gasteiger partial charge in [0.15, 0.2) is 4.80 Å². The van der Waals surface area contributed by atoms with Crippen LogP contribution in [-0.2, 0) is 6.54 Å². The van der Waals surface area contributed by atoms with E-state index in [4.69, 9.17) is 5.41 Å². The van der Waals surface area contributed by atoms with Crippen molar-refractivity contribution < 1.29 is 17.9 Å². The first-order valence-corrected chi connectivity index (χ1v) is 10.6. The monoisotopic (exact) mass is 436 g/mol. The van der Waals surface area contributed by atoms with Crippen molar-refractivity contribution in [1.82, 2.24) is 9.47 Å². The first kappa shape index (κ1) is 20.7. The number of halogens is 3. The molecule has 0 atom stereocenters. The summed E-state index contributed by atoms with van der Waals surface area (Å²) in [5.41, 5.74) is 3.25. The Labute approximate surface area is 176 Å². The van der Waals surface area contributed by atoms with E-state index in [0.29, 0.717) is 16.0 Å². The maximum Gasteiger partial charge on any atom is 0.573 e. The molecule has 4 rings (SSSR count). The molecule has 1 aliphatic rings. The molecule has 3 aromatic rings. The normalized spacial score (nSPS) is 15.7. The van der Waals surface area contributed by atoms with Gasteiger partial charge >= 0.3 is 6.36 Å². The lowest BCUT2D eigenvalue weighted by Crippen LogP contribution is -2.47. The number of hydrogen-bond donors (Lipinski definition) is 1. The zero-order chi connectivity index (χ0) is 21.3. The van der Waals surface area contributed by atoms with Crippen molar-refractivity contribution in [2.24, 2.45) is 0 Å². The number of nitrogens with one attached hydrogen (secondary N) is 1. The summed E-state index contributed by atoms with van der Waals surface area (Å²) in [7, 11) is 0. The maximum atomic E-state index is 12.4. The molecule has 2 heterocycles. The van der Waals surface area contributed by atoms with Gasteiger partial charge in [0.05, 0.1) is 10.2 Å². The summed E-state index contributed by atoms with van der Waals surface area (Å²) in [4.78, 5) is 5.07. The van der Waals surface area contributed by atoms with E-state index >= 15 is 0 Å². The van der Waals surface area contributed by atoms with Crippen molar-refractivity contribution in [3.63, 3.8) is 0 Å². The zero-order valence-corrected chi connectivity index (χ0v) is 17.4. The topological polar surface area (TPSA) is 44.5 Å². The second-order valence-corrected chi connectivity index (χ2v) is 8.43. The van der Waals surface area contributed by atoms with Gasteiger partial charge in [-0.1, -0.05) is 29.0 Å². The molecule has 9 heteroatoms. The largest absolute Gasteiger partial charge is 0.573 e. The average molecular weight is 437 g/mol. The van der Waals surface area contributed by atoms with Crippen molar-refractivity contribution in [2.45, 2.75) is 19.8 Å². The van der Waals surface area contributed by atoms with Crippen molar-refractivity contribution >= 4 is 27.2 Å². The lowest BCUT2D eigenvalue weighted by Gasteiger charge is -2.36. The Morgan fingerprint density at radius 1 is 1.00 bits per heavy atom. The molecule has 0 unspecified atom stereocenters. The van der Waals surface area contributed by atoms with Crippen LogP contribution in [0.3, 0.4) is 0 Å². The lowest BCUT2D eigenvalue weighted by molar-refractivity contribution is -0.274. The molecular weight excluding hydrogens is 413 g/mol. The predicted molar refractivity (Wildman–Crippen MR) is 112 cm³/mol. The van der Waals surface area contributed by atoms with E-state index in [1.807, 2.05) is 4.57 Å². The molecule has 160 valence electrons. The molecule has 0 bridgehead atoms. The average Bonchev–Trinajstić information content (AvgIpc) is 3.00. The summed E-state index contributed by atoms with van der Waals surface area (Å²) in [5, 5.41) is 8.22. The van der Waals surface area contributed by atoms with Crippen LogP contribution in [0.2, 0.25) is 0 Å². The number of ether oxygens (including phenoxy) is 1. The van der Waals surface area contributed by atoms with Crippen LogP contribution in [-0.4, -0.2) is 48.6 Å². The van der Waals surface area contributed by atoms with E-state index in [2.05, 4.69) is 45.7 Å². The van der Waals surface area contributed by atoms with Crippen LogP contribution in [0.25, 0.3) is 10.2 Å². The van der Waals surface area contributed by atoms with Gasteiger partial charge in [0.25, 0.3) is 0 Å². The predicted octanol–water partition coefficient (Wildman–Crippen LogP) is 4.21. The minimum atomic E-state index is -4.72. The minimum Gasteiger partial charge on any atom is -0.406 e. The third-order valence-electron chi connectivity index (χ3n) is 5.32. The van der Waals surface area contributed by atoms with Crippen molar-refractivity contribution in [3.05, 3.63) is 52.8 Å². The Hall–Kier alpha value is -2.52. The molecule has 0 spiro atoms. The number of fused-ring (bicyclic) bond motifs is 1. The Bertz CT molecular complexity index is 1070. The Morgan fingerprint density at radius 3 is 2.37 bits per heavy atom. The van der Waals surface area contributed by atoms with E-state index in [9.17, 15) is 13.2 Å². The molecule has 0 radical (unpaired) electrons. The van der Waals surface area contributed by atoms with Gasteiger partial charge in [-0.2, -0.15) is 0 Å². The molecule has 1 N–H and O–H groups in total. The molecule has 0 amide bonds. The third kappa shape index (κ3) is 4.79. The van der Waals surface area contributed by atoms with Crippen LogP contribution >= 0.6 is 11.3 Å². The molecule has 2 aromatic carbocycles. The molecule has 30 heavy (non-hydrogen) atoms. The minimum absolute atomic E-state index is 0.254. The summed E-state index contributed by atoms with van der Waals surface area (Å²) in [6.45, 7) is 7.28. The van der Waals surface area contributed by atoms with Crippen LogP contribution in [0.5, 0.6) is 5.75 Å². The maximum absolute atomic E-state index is 12.4. The Balaban J connectivity index is 1.37. The summed E-state index contributed by atoms with van der Waals surface area (Å²) in [5.74, 6) is -0.254. The number of rotatable bonds is 5. The van der Waals surface area contributed by atoms with E-state index in [1.165, 1.54) is 23.4 Å². The summed E-state index contributed by atoms with van der Waals surface area (Å²) in [6.07, 6.45) is -4.72. The molecule has 5 nitrogen and oxygen atoms in total. The fraction of sp³-hybridized carbons (Fsp3) is 0.381. The molecule has 0 saturated carbocycles. The summed E-state index contributed by atoms with van der Waals surface area (Å²) in [6, 6.07) is 12.8. The molecule has 1 aliphatic heterocycles. The van der Waals surface area contributed by atoms with E-state index in [1.54, 1.807) is 6.07 Å². The lowest BCUT2D eigenvalue weighted by atomic mass is 10.2. The molecule has 0 aliphatic carbocycles. The summed E-state index contributed by atoms with van der Waals surface area (Å²) < 4.78 is 43.8. The van der Waals surface area contributed by atoms with Gasteiger partial charge in [0.2, 0.25) is 0 Å². The Morgan fingerprint density at radius 2 is 1.70 bits per heavy atom. The zero-order valence-electron chi connectivity index (χ0n) is 16.6. The first-order valence-electron chi connectivity index (χ1n) is 9.76. The highest BCUT2D eigenvalue weighted by molar-refractivity contribution is 7.16. The van der Waals surface area contributed by atoms with Gasteiger partial charge in [-0.3, -0.25) is 10.3 Å². The standard InChI is InChI=1S/C21H23F3N4OS/c1-15-2-4-16(5-3-15)27-11-8-26(9-12-27)10-13-28-18-7-6-17(29-21(22,23)24)14-19(18)30-20(28)25/h2-7,14,25H,8-13H2,1H3. The number of piperazine rings is 1. The fourth-order valence-electron chi connectivity index (χ4n) is 3.71. The summed E-state index contributed by atoms with van der Waals surface area (Å²) >= 11 is 1.16. The van der Waals surface area contributed by atoms with Crippen LogP contribution in [0.15, 0.2) is 42.5 Å². The van der Waals surface area contributed by atoms with Gasteiger partial charge in [-0.15, -0.1) is 13.2 Å². The highest BCUT2D eigenvalue weighted by Gasteiger charge is 2.31. The highest BCUT2D eigenvalue weighted by atomic mass is 32.1. The molecular formula is C21H23F3N4OS. The second-order valence-electron chi connectivity index (χ2n) is 7.40. The van der Waals surface area contributed by atoms with Crippen LogP contribution in [0.1, 0.15) is 5.56 Å². The van der Waals surface area contributed by atoms with E-state index < -0.39 is 6.36 Å². The van der Waals surface area contributed by atoms with Gasteiger partial charge in [0, 0.05) is 45.0 Å². The van der Waals surface area contributed by atoms with E-state index in [-0.39, 0.29) is 5.75 Å². The third-order valence-corrected chi connectivity index (χ3v) is 6.28. The fourth-order valence-corrected chi connectivity index (χ4v) is 4.68. The quantitative estimate of drug-likeness (QED) is 0.652. The number of nitrogens with zero attached hydrogens (tertiary/aromatic N) is 3. The number of aromatic nitrogens is 1. The van der Waals surface area contributed by atoms with Crippen LogP contribution in [0.4, 0.5) is 18.9 Å².